The maximum Gasteiger partial charge on any atom is 0.227 e. The van der Waals surface area contributed by atoms with Crippen molar-refractivity contribution in [2.75, 3.05) is 5.73 Å². The first-order chi connectivity index (χ1) is 9.95. The summed E-state index contributed by atoms with van der Waals surface area (Å²) in [5.74, 6) is 2.28. The van der Waals surface area contributed by atoms with Crippen molar-refractivity contribution < 1.29 is 4.74 Å². The molecule has 0 unspecified atom stereocenters. The molecule has 1 aromatic heterocycles. The monoisotopic (exact) mass is 343 g/mol. The zero-order valence-electron chi connectivity index (χ0n) is 11.2. The number of aromatic nitrogens is 2. The number of ether oxygens (including phenoxy) is 1. The quantitative estimate of drug-likeness (QED) is 0.796. The number of halogens is 3. The van der Waals surface area contributed by atoms with Gasteiger partial charge in [0.25, 0.3) is 0 Å². The van der Waals surface area contributed by atoms with Crippen LogP contribution in [0.25, 0.3) is 0 Å². The van der Waals surface area contributed by atoms with E-state index in [2.05, 4.69) is 9.97 Å². The molecule has 21 heavy (non-hydrogen) atoms. The van der Waals surface area contributed by atoms with Gasteiger partial charge in [-0.25, -0.2) is 4.98 Å². The second kappa shape index (κ2) is 5.52. The van der Waals surface area contributed by atoms with Crippen LogP contribution in [0.4, 0.5) is 5.82 Å². The molecule has 0 aliphatic heterocycles. The van der Waals surface area contributed by atoms with Gasteiger partial charge >= 0.3 is 0 Å². The number of nitrogens with zero attached hydrogens (tertiary/aromatic N) is 2. The van der Waals surface area contributed by atoms with Gasteiger partial charge in [0.05, 0.1) is 20.6 Å². The highest BCUT2D eigenvalue weighted by Gasteiger charge is 2.28. The molecule has 0 atom stereocenters. The number of anilines is 1. The maximum absolute atomic E-state index is 6.12. The Labute approximate surface area is 137 Å². The summed E-state index contributed by atoms with van der Waals surface area (Å²) < 4.78 is 5.77. The number of rotatable bonds is 3. The fourth-order valence-corrected chi connectivity index (χ4v) is 2.42. The SMILES string of the molecule is Cc1c(N)nc(C2CC2)nc1Oc1cc(Cl)c(Cl)cc1Cl. The molecule has 2 aromatic rings. The number of nitrogens with two attached hydrogens (primary N) is 1. The molecule has 1 aliphatic rings. The molecule has 110 valence electrons. The number of nitrogen functional groups attached to an aromatic ring is 1. The van der Waals surface area contributed by atoms with Gasteiger partial charge in [-0.3, -0.25) is 0 Å². The zero-order chi connectivity index (χ0) is 15.1. The summed E-state index contributed by atoms with van der Waals surface area (Å²) in [5.41, 5.74) is 6.59. The Morgan fingerprint density at radius 2 is 1.76 bits per heavy atom. The van der Waals surface area contributed by atoms with Gasteiger partial charge in [0, 0.05) is 12.0 Å². The van der Waals surface area contributed by atoms with E-state index in [4.69, 9.17) is 45.3 Å². The first-order valence-corrected chi connectivity index (χ1v) is 7.55. The predicted molar refractivity (Wildman–Crippen MR) is 84.7 cm³/mol. The molecule has 0 saturated heterocycles. The summed E-state index contributed by atoms with van der Waals surface area (Å²) in [6.07, 6.45) is 2.16. The minimum absolute atomic E-state index is 0.356. The molecule has 1 fully saturated rings. The predicted octanol–water partition coefficient (Wildman–Crippen LogP) is 5.00. The highest BCUT2D eigenvalue weighted by molar-refractivity contribution is 6.43. The third kappa shape index (κ3) is 3.03. The van der Waals surface area contributed by atoms with E-state index >= 15 is 0 Å². The lowest BCUT2D eigenvalue weighted by Gasteiger charge is -2.12. The minimum Gasteiger partial charge on any atom is -0.437 e. The number of benzene rings is 1. The van der Waals surface area contributed by atoms with E-state index in [0.717, 1.165) is 12.8 Å². The molecular weight excluding hydrogens is 333 g/mol. The summed E-state index contributed by atoms with van der Waals surface area (Å²) in [7, 11) is 0. The molecule has 1 heterocycles. The van der Waals surface area contributed by atoms with Gasteiger partial charge in [0.15, 0.2) is 0 Å². The Morgan fingerprint density at radius 1 is 1.10 bits per heavy atom. The average molecular weight is 345 g/mol. The van der Waals surface area contributed by atoms with Gasteiger partial charge in [-0.1, -0.05) is 34.8 Å². The van der Waals surface area contributed by atoms with Crippen LogP contribution in [-0.4, -0.2) is 9.97 Å². The second-order valence-corrected chi connectivity index (χ2v) is 6.19. The van der Waals surface area contributed by atoms with Crippen LogP contribution in [-0.2, 0) is 0 Å². The second-order valence-electron chi connectivity index (χ2n) is 4.97. The van der Waals surface area contributed by atoms with Crippen molar-refractivity contribution in [3.8, 4) is 11.6 Å². The van der Waals surface area contributed by atoms with Crippen molar-refractivity contribution in [3.63, 3.8) is 0 Å². The van der Waals surface area contributed by atoms with Gasteiger partial charge < -0.3 is 10.5 Å². The number of hydrogen-bond donors (Lipinski definition) is 1. The Kier molecular flexibility index (Phi) is 3.86. The van der Waals surface area contributed by atoms with E-state index in [1.165, 1.54) is 6.07 Å². The van der Waals surface area contributed by atoms with E-state index in [1.54, 1.807) is 13.0 Å². The van der Waals surface area contributed by atoms with Gasteiger partial charge in [0.2, 0.25) is 5.88 Å². The van der Waals surface area contributed by atoms with E-state index in [1.807, 2.05) is 0 Å². The summed E-state index contributed by atoms with van der Waals surface area (Å²) in [4.78, 5) is 8.73. The zero-order valence-corrected chi connectivity index (χ0v) is 13.4. The van der Waals surface area contributed by atoms with Gasteiger partial charge in [-0.15, -0.1) is 0 Å². The fraction of sp³-hybridized carbons (Fsp3) is 0.286. The third-order valence-corrected chi connectivity index (χ3v) is 4.30. The van der Waals surface area contributed by atoms with Crippen LogP contribution >= 0.6 is 34.8 Å². The Hall–Kier alpha value is -1.23. The first-order valence-electron chi connectivity index (χ1n) is 6.42. The van der Waals surface area contributed by atoms with E-state index in [0.29, 0.717) is 49.8 Å². The van der Waals surface area contributed by atoms with Gasteiger partial charge in [-0.05, 0) is 25.8 Å². The van der Waals surface area contributed by atoms with Crippen LogP contribution in [0.2, 0.25) is 15.1 Å². The van der Waals surface area contributed by atoms with E-state index < -0.39 is 0 Å². The molecular formula is C14H12Cl3N3O. The van der Waals surface area contributed by atoms with Gasteiger partial charge in [-0.2, -0.15) is 4.98 Å². The highest BCUT2D eigenvalue weighted by atomic mass is 35.5. The van der Waals surface area contributed by atoms with Crippen molar-refractivity contribution in [2.45, 2.75) is 25.7 Å². The minimum atomic E-state index is 0.356. The summed E-state index contributed by atoms with van der Waals surface area (Å²) >= 11 is 18.0. The van der Waals surface area contributed by atoms with Crippen LogP contribution < -0.4 is 10.5 Å². The van der Waals surface area contributed by atoms with E-state index in [-0.39, 0.29) is 0 Å². The smallest absolute Gasteiger partial charge is 0.227 e. The van der Waals surface area contributed by atoms with Crippen LogP contribution in [0.3, 0.4) is 0 Å². The molecule has 1 aromatic carbocycles. The van der Waals surface area contributed by atoms with Crippen LogP contribution in [0.5, 0.6) is 11.6 Å². The summed E-state index contributed by atoms with van der Waals surface area (Å²) in [6, 6.07) is 3.09. The third-order valence-electron chi connectivity index (χ3n) is 3.28. The first kappa shape index (κ1) is 14.7. The molecule has 0 spiro atoms. The molecule has 3 rings (SSSR count). The molecule has 0 bridgehead atoms. The molecule has 2 N–H and O–H groups in total. The van der Waals surface area contributed by atoms with Crippen molar-refractivity contribution >= 4 is 40.6 Å². The number of hydrogen-bond acceptors (Lipinski definition) is 4. The lowest BCUT2D eigenvalue weighted by molar-refractivity contribution is 0.455. The topological polar surface area (TPSA) is 61.0 Å². The molecule has 7 heteroatoms. The van der Waals surface area contributed by atoms with E-state index in [9.17, 15) is 0 Å². The van der Waals surface area contributed by atoms with Crippen LogP contribution in [0, 0.1) is 6.92 Å². The van der Waals surface area contributed by atoms with Crippen molar-refractivity contribution in [3.05, 3.63) is 38.6 Å². The molecule has 0 amide bonds. The summed E-state index contributed by atoms with van der Waals surface area (Å²) in [5, 5.41) is 1.08. The van der Waals surface area contributed by atoms with Gasteiger partial charge in [0.1, 0.15) is 17.4 Å². The lowest BCUT2D eigenvalue weighted by Crippen LogP contribution is -2.04. The summed E-state index contributed by atoms with van der Waals surface area (Å²) in [6.45, 7) is 1.80. The normalized spacial score (nSPS) is 14.3. The largest absolute Gasteiger partial charge is 0.437 e. The molecule has 4 nitrogen and oxygen atoms in total. The molecule has 1 saturated carbocycles. The lowest BCUT2D eigenvalue weighted by atomic mass is 10.3. The van der Waals surface area contributed by atoms with Crippen molar-refractivity contribution in [1.29, 1.82) is 0 Å². The Balaban J connectivity index is 1.99. The fourth-order valence-electron chi connectivity index (χ4n) is 1.84. The Morgan fingerprint density at radius 3 is 2.43 bits per heavy atom. The molecule has 0 radical (unpaired) electrons. The average Bonchev–Trinajstić information content (AvgIpc) is 3.25. The maximum atomic E-state index is 6.12. The van der Waals surface area contributed by atoms with Crippen molar-refractivity contribution in [2.24, 2.45) is 0 Å². The van der Waals surface area contributed by atoms with Crippen molar-refractivity contribution in [1.82, 2.24) is 9.97 Å². The standard InChI is InChI=1S/C14H12Cl3N3O/c1-6-12(18)19-13(7-2-3-7)20-14(6)21-11-5-9(16)8(15)4-10(11)17/h4-5,7H,2-3H2,1H3,(H2,18,19,20). The highest BCUT2D eigenvalue weighted by Crippen LogP contribution is 2.41. The van der Waals surface area contributed by atoms with Crippen LogP contribution in [0.1, 0.15) is 30.1 Å². The Bertz CT molecular complexity index is 717. The van der Waals surface area contributed by atoms with Crippen LogP contribution in [0.15, 0.2) is 12.1 Å². The molecule has 1 aliphatic carbocycles.